The minimum atomic E-state index is -0.544. The zero-order chi connectivity index (χ0) is 48.3. The number of oxazole rings is 1. The van der Waals surface area contributed by atoms with Crippen LogP contribution in [0.1, 0.15) is 22.3 Å². The quantitative estimate of drug-likeness (QED) is 0.224. The zero-order valence-corrected chi connectivity index (χ0v) is 41.9. The SMILES string of the molecule is Bc1c(B)c(B)c2c(c1B)c(-c1nc3ccccc3o1)c(B)c1c2sc2c(B)cc(N(c3ccc(-c4ccccc4)cc3)c3ccc4c(c3)C(c3ccccc3)(c3ccccc3)c3ccccc3-4)c(B)c21. The molecule has 0 saturated heterocycles. The third-order valence-corrected chi connectivity index (χ3v) is 17.3. The number of hydrogen-bond donors (Lipinski definition) is 0. The standard InChI is InChI=1S/C60H45B7N2OS/c61-42-31-44(51(62)48-49-52(63)50(59-68-43-22-12-13-23-45(43)70-59)46-47(58(49)71-57(42)48)54(65)56(67)55(66)53(46)64)69(36-26-24-33(25-27-36)32-14-4-1-5-15-32)37-28-29-39-38-20-10-11-21-40(38)60(41(39)30-37,34-16-6-2-7-17-34)35-18-8-3-9-19-35/h1-31H,61-67H2. The number of anilines is 3. The number of fused-ring (bicyclic) bond motifs is 9. The van der Waals surface area contributed by atoms with Gasteiger partial charge in [-0.1, -0.05) is 173 Å². The molecule has 3 nitrogen and oxygen atoms in total. The van der Waals surface area contributed by atoms with Crippen LogP contribution in [0.15, 0.2) is 192 Å². The Kier molecular flexibility index (Phi) is 10.1. The van der Waals surface area contributed by atoms with Gasteiger partial charge < -0.3 is 9.32 Å². The summed E-state index contributed by atoms with van der Waals surface area (Å²) in [5.74, 6) is 0.672. The summed E-state index contributed by atoms with van der Waals surface area (Å²) in [6.45, 7) is 0. The van der Waals surface area contributed by atoms with Crippen molar-refractivity contribution in [3.63, 3.8) is 0 Å². The first-order chi connectivity index (χ1) is 34.6. The van der Waals surface area contributed by atoms with Crippen molar-refractivity contribution >= 4 is 164 Å². The first-order valence-corrected chi connectivity index (χ1v) is 25.5. The summed E-state index contributed by atoms with van der Waals surface area (Å²) in [7, 11) is 16.1. The van der Waals surface area contributed by atoms with Crippen molar-refractivity contribution in [3.8, 4) is 33.7 Å². The van der Waals surface area contributed by atoms with Crippen LogP contribution in [0.25, 0.3) is 75.8 Å². The van der Waals surface area contributed by atoms with Crippen molar-refractivity contribution in [2.24, 2.45) is 0 Å². The average Bonchev–Trinajstić information content (AvgIpc) is 4.12. The van der Waals surface area contributed by atoms with E-state index < -0.39 is 5.41 Å². The van der Waals surface area contributed by atoms with Crippen LogP contribution in [0.3, 0.4) is 0 Å². The van der Waals surface area contributed by atoms with Crippen molar-refractivity contribution < 1.29 is 4.42 Å². The molecule has 0 bridgehead atoms. The van der Waals surface area contributed by atoms with Crippen LogP contribution in [-0.4, -0.2) is 59.9 Å². The zero-order valence-electron chi connectivity index (χ0n) is 41.1. The monoisotopic (exact) mass is 918 g/mol. The van der Waals surface area contributed by atoms with Crippen LogP contribution in [0.4, 0.5) is 17.1 Å². The molecule has 13 rings (SSSR count). The van der Waals surface area contributed by atoms with E-state index in [1.165, 1.54) is 114 Å². The van der Waals surface area contributed by atoms with Gasteiger partial charge in [0, 0.05) is 32.0 Å². The van der Waals surface area contributed by atoms with Gasteiger partial charge in [-0.05, 0) is 109 Å². The third kappa shape index (κ3) is 6.35. The molecular weight excluding hydrogens is 872 g/mol. The Labute approximate surface area is 424 Å². The van der Waals surface area contributed by atoms with Crippen LogP contribution in [0.2, 0.25) is 0 Å². The molecule has 71 heavy (non-hydrogen) atoms. The number of benzene rings is 10. The molecule has 0 atom stereocenters. The molecule has 12 aromatic rings. The fourth-order valence-corrected chi connectivity index (χ4v) is 13.7. The number of rotatable bonds is 7. The fraction of sp³-hybridized carbons (Fsp3) is 0.0167. The van der Waals surface area contributed by atoms with E-state index in [4.69, 9.17) is 9.40 Å². The molecule has 0 saturated carbocycles. The lowest BCUT2D eigenvalue weighted by Crippen LogP contribution is -2.48. The van der Waals surface area contributed by atoms with Crippen LogP contribution in [-0.2, 0) is 5.41 Å². The minimum absolute atomic E-state index is 0.544. The first kappa shape index (κ1) is 43.4. The second kappa shape index (κ2) is 16.5. The molecule has 1 aliphatic carbocycles. The van der Waals surface area contributed by atoms with Gasteiger partial charge in [0.05, 0.1) is 5.41 Å². The molecule has 0 aliphatic heterocycles. The lowest BCUT2D eigenvalue weighted by atomic mass is 9.63. The molecule has 0 N–H and O–H groups in total. The van der Waals surface area contributed by atoms with Gasteiger partial charge in [0.2, 0.25) is 5.89 Å². The fourth-order valence-electron chi connectivity index (χ4n) is 12.2. The minimum Gasteiger partial charge on any atom is -0.436 e. The molecule has 328 valence electrons. The van der Waals surface area contributed by atoms with Crippen LogP contribution in [0.5, 0.6) is 0 Å². The summed E-state index contributed by atoms with van der Waals surface area (Å²) in [4.78, 5) is 7.73. The summed E-state index contributed by atoms with van der Waals surface area (Å²) in [5.41, 5.74) is 24.5. The predicted molar refractivity (Wildman–Crippen MR) is 325 cm³/mol. The smallest absolute Gasteiger partial charge is 0.227 e. The third-order valence-electron chi connectivity index (χ3n) is 16.0. The van der Waals surface area contributed by atoms with Crippen molar-refractivity contribution in [3.05, 3.63) is 210 Å². The summed E-state index contributed by atoms with van der Waals surface area (Å²) in [5, 5.41) is 5.10. The molecule has 10 aromatic carbocycles. The molecular formula is C60H45B7N2OS. The number of nitrogens with zero attached hydrogens (tertiary/aromatic N) is 2. The van der Waals surface area contributed by atoms with E-state index >= 15 is 0 Å². The summed E-state index contributed by atoms with van der Waals surface area (Å²) < 4.78 is 9.38. The molecule has 2 aromatic heterocycles. The van der Waals surface area contributed by atoms with E-state index in [-0.39, 0.29) is 0 Å². The molecule has 0 spiro atoms. The van der Waals surface area contributed by atoms with Gasteiger partial charge in [0.15, 0.2) is 5.58 Å². The molecule has 2 heterocycles. The molecule has 1 aliphatic rings. The van der Waals surface area contributed by atoms with E-state index in [0.717, 1.165) is 33.7 Å². The molecule has 0 unspecified atom stereocenters. The Balaban J connectivity index is 1.12. The highest BCUT2D eigenvalue weighted by Gasteiger charge is 2.46. The highest BCUT2D eigenvalue weighted by atomic mass is 32.1. The van der Waals surface area contributed by atoms with E-state index in [1.54, 1.807) is 0 Å². The van der Waals surface area contributed by atoms with Gasteiger partial charge >= 0.3 is 0 Å². The van der Waals surface area contributed by atoms with E-state index in [2.05, 4.69) is 224 Å². The van der Waals surface area contributed by atoms with Gasteiger partial charge in [-0.3, -0.25) is 0 Å². The highest BCUT2D eigenvalue weighted by molar-refractivity contribution is 7.28. The van der Waals surface area contributed by atoms with Crippen LogP contribution < -0.4 is 43.1 Å². The van der Waals surface area contributed by atoms with Gasteiger partial charge in [-0.25, -0.2) is 4.98 Å². The number of thiophene rings is 1. The topological polar surface area (TPSA) is 29.3 Å². The Morgan fingerprint density at radius 1 is 0.437 bits per heavy atom. The first-order valence-electron chi connectivity index (χ1n) is 24.7. The van der Waals surface area contributed by atoms with Crippen LogP contribution >= 0.6 is 11.3 Å². The second-order valence-electron chi connectivity index (χ2n) is 19.6. The molecule has 0 amide bonds. The van der Waals surface area contributed by atoms with Gasteiger partial charge in [0.25, 0.3) is 0 Å². The van der Waals surface area contributed by atoms with Gasteiger partial charge in [-0.15, -0.1) is 22.3 Å². The normalized spacial score (nSPS) is 12.7. The average molecular weight is 918 g/mol. The largest absolute Gasteiger partial charge is 0.436 e. The van der Waals surface area contributed by atoms with Crippen LogP contribution in [0, 0.1) is 0 Å². The molecule has 0 fully saturated rings. The number of hydrogen-bond acceptors (Lipinski definition) is 4. The summed E-state index contributed by atoms with van der Waals surface area (Å²) in [6, 6.07) is 68.9. The Morgan fingerprint density at radius 2 is 0.986 bits per heavy atom. The lowest BCUT2D eigenvalue weighted by Gasteiger charge is -2.35. The van der Waals surface area contributed by atoms with Crippen molar-refractivity contribution in [2.45, 2.75) is 5.41 Å². The lowest BCUT2D eigenvalue weighted by molar-refractivity contribution is 0.621. The van der Waals surface area contributed by atoms with E-state index in [1.807, 2.05) is 35.6 Å². The Hall–Kier alpha value is -7.60. The maximum absolute atomic E-state index is 6.74. The summed E-state index contributed by atoms with van der Waals surface area (Å²) in [6.07, 6.45) is 0. The predicted octanol–water partition coefficient (Wildman–Crippen LogP) is 4.32. The van der Waals surface area contributed by atoms with Crippen molar-refractivity contribution in [1.82, 2.24) is 4.98 Å². The maximum atomic E-state index is 6.74. The van der Waals surface area contributed by atoms with Crippen molar-refractivity contribution in [1.29, 1.82) is 0 Å². The van der Waals surface area contributed by atoms with Gasteiger partial charge in [0.1, 0.15) is 60.4 Å². The van der Waals surface area contributed by atoms with E-state index in [9.17, 15) is 0 Å². The number of aromatic nitrogens is 1. The maximum Gasteiger partial charge on any atom is 0.227 e. The molecule has 11 heteroatoms. The summed E-state index contributed by atoms with van der Waals surface area (Å²) >= 11 is 1.94. The Bertz CT molecular complexity index is 4070. The Morgan fingerprint density at radius 3 is 1.68 bits per heavy atom. The highest BCUT2D eigenvalue weighted by Crippen LogP contribution is 2.57. The number of para-hydroxylation sites is 2. The van der Waals surface area contributed by atoms with E-state index in [0.29, 0.717) is 5.89 Å². The molecule has 0 radical (unpaired) electrons. The van der Waals surface area contributed by atoms with Gasteiger partial charge in [-0.2, -0.15) is 0 Å². The second-order valence-corrected chi connectivity index (χ2v) is 20.6. The van der Waals surface area contributed by atoms with Crippen molar-refractivity contribution in [2.75, 3.05) is 4.90 Å².